The van der Waals surface area contributed by atoms with Crippen LogP contribution in [0.25, 0.3) is 0 Å². The van der Waals surface area contributed by atoms with Crippen molar-refractivity contribution in [1.82, 2.24) is 4.90 Å². The topological polar surface area (TPSA) is 46.6 Å². The molecule has 0 aliphatic heterocycles. The first kappa shape index (κ1) is 14.1. The molecule has 0 saturated carbocycles. The Hall–Kier alpha value is -1.35. The molecule has 2 rings (SSSR count). The summed E-state index contributed by atoms with van der Waals surface area (Å²) in [7, 11) is -1.60. The third kappa shape index (κ3) is 3.16. The van der Waals surface area contributed by atoms with Gasteiger partial charge in [-0.05, 0) is 18.2 Å². The zero-order chi connectivity index (χ0) is 14.0. The van der Waals surface area contributed by atoms with Crippen molar-refractivity contribution in [3.8, 4) is 12.3 Å². The van der Waals surface area contributed by atoms with Crippen molar-refractivity contribution in [2.45, 2.75) is 18.6 Å². The second-order valence-electron chi connectivity index (χ2n) is 4.81. The predicted molar refractivity (Wildman–Crippen MR) is 74.1 cm³/mol. The van der Waals surface area contributed by atoms with Gasteiger partial charge in [0.15, 0.2) is 0 Å². The number of terminal acetylenes is 1. The van der Waals surface area contributed by atoms with Crippen LogP contribution in [0.4, 0.5) is 0 Å². The minimum Gasteiger partial charge on any atom is -0.286 e. The van der Waals surface area contributed by atoms with Crippen molar-refractivity contribution in [3.63, 3.8) is 0 Å². The maximum Gasteiger partial charge on any atom is 0.264 e. The SMILES string of the molecule is C#CCN(C)C1c2ccccc2CC1OS(C)(=O)=O. The molecule has 0 fully saturated rings. The number of nitrogens with zero attached hydrogens (tertiary/aromatic N) is 1. The quantitative estimate of drug-likeness (QED) is 0.613. The highest BCUT2D eigenvalue weighted by atomic mass is 32.2. The molecule has 0 radical (unpaired) electrons. The van der Waals surface area contributed by atoms with E-state index in [1.54, 1.807) is 0 Å². The van der Waals surface area contributed by atoms with Crippen LogP contribution in [-0.4, -0.2) is 39.3 Å². The lowest BCUT2D eigenvalue weighted by Gasteiger charge is -2.28. The summed E-state index contributed by atoms with van der Waals surface area (Å²) in [5.74, 6) is 2.58. The normalized spacial score (nSPS) is 22.2. The van der Waals surface area contributed by atoms with Gasteiger partial charge >= 0.3 is 0 Å². The first-order valence-corrected chi connectivity index (χ1v) is 7.84. The largest absolute Gasteiger partial charge is 0.286 e. The first-order chi connectivity index (χ1) is 8.92. The van der Waals surface area contributed by atoms with Crippen molar-refractivity contribution in [2.24, 2.45) is 0 Å². The molecule has 1 aliphatic rings. The molecule has 1 aromatic carbocycles. The monoisotopic (exact) mass is 279 g/mol. The van der Waals surface area contributed by atoms with Crippen LogP contribution in [0.3, 0.4) is 0 Å². The summed E-state index contributed by atoms with van der Waals surface area (Å²) in [6, 6.07) is 7.76. The molecule has 19 heavy (non-hydrogen) atoms. The zero-order valence-corrected chi connectivity index (χ0v) is 11.9. The van der Waals surface area contributed by atoms with Crippen LogP contribution < -0.4 is 0 Å². The van der Waals surface area contributed by atoms with Gasteiger partial charge in [-0.25, -0.2) is 0 Å². The molecule has 0 heterocycles. The molecule has 1 aliphatic carbocycles. The Morgan fingerprint density at radius 2 is 2.16 bits per heavy atom. The van der Waals surface area contributed by atoms with Crippen LogP contribution in [0.2, 0.25) is 0 Å². The molecule has 1 aromatic rings. The van der Waals surface area contributed by atoms with Gasteiger partial charge in [-0.1, -0.05) is 30.2 Å². The van der Waals surface area contributed by atoms with Crippen molar-refractivity contribution in [2.75, 3.05) is 19.8 Å². The van der Waals surface area contributed by atoms with E-state index in [0.29, 0.717) is 13.0 Å². The lowest BCUT2D eigenvalue weighted by Crippen LogP contribution is -2.34. The van der Waals surface area contributed by atoms with Crippen molar-refractivity contribution >= 4 is 10.1 Å². The van der Waals surface area contributed by atoms with Crippen molar-refractivity contribution in [3.05, 3.63) is 35.4 Å². The second-order valence-corrected chi connectivity index (χ2v) is 6.41. The number of likely N-dealkylation sites (N-methyl/N-ethyl adjacent to an activating group) is 1. The fourth-order valence-corrected chi connectivity index (χ4v) is 3.23. The number of hydrogen-bond donors (Lipinski definition) is 0. The van der Waals surface area contributed by atoms with E-state index in [1.807, 2.05) is 36.2 Å². The Morgan fingerprint density at radius 3 is 2.79 bits per heavy atom. The molecular formula is C14H17NO3S. The lowest BCUT2D eigenvalue weighted by atomic mass is 10.1. The Bertz CT molecular complexity index is 603. The third-order valence-electron chi connectivity index (χ3n) is 3.26. The molecule has 102 valence electrons. The molecule has 4 nitrogen and oxygen atoms in total. The highest BCUT2D eigenvalue weighted by Crippen LogP contribution is 2.37. The Morgan fingerprint density at radius 1 is 1.47 bits per heavy atom. The van der Waals surface area contributed by atoms with Crippen LogP contribution in [0, 0.1) is 12.3 Å². The maximum atomic E-state index is 11.4. The van der Waals surface area contributed by atoms with Crippen LogP contribution >= 0.6 is 0 Å². The summed E-state index contributed by atoms with van der Waals surface area (Å²) in [6.45, 7) is 0.447. The number of hydrogen-bond acceptors (Lipinski definition) is 4. The zero-order valence-electron chi connectivity index (χ0n) is 11.0. The van der Waals surface area contributed by atoms with E-state index in [-0.39, 0.29) is 6.04 Å². The average Bonchev–Trinajstić information content (AvgIpc) is 2.64. The molecule has 0 amide bonds. The number of rotatable bonds is 4. The number of fused-ring (bicyclic) bond motifs is 1. The Labute approximate surface area is 114 Å². The average molecular weight is 279 g/mol. The highest BCUT2D eigenvalue weighted by Gasteiger charge is 2.37. The van der Waals surface area contributed by atoms with E-state index in [4.69, 9.17) is 10.6 Å². The van der Waals surface area contributed by atoms with Gasteiger partial charge in [0.25, 0.3) is 10.1 Å². The highest BCUT2D eigenvalue weighted by molar-refractivity contribution is 7.86. The number of benzene rings is 1. The lowest BCUT2D eigenvalue weighted by molar-refractivity contribution is 0.110. The van der Waals surface area contributed by atoms with E-state index in [9.17, 15) is 8.42 Å². The van der Waals surface area contributed by atoms with Crippen LogP contribution in [-0.2, 0) is 20.7 Å². The standard InChI is InChI=1S/C14H17NO3S/c1-4-9-15(2)14-12-8-6-5-7-11(12)10-13(14)18-19(3,16)17/h1,5-8,13-14H,9-10H2,2-3H3. The smallest absolute Gasteiger partial charge is 0.264 e. The maximum absolute atomic E-state index is 11.4. The van der Waals surface area contributed by atoms with Gasteiger partial charge in [0.2, 0.25) is 0 Å². The molecule has 2 unspecified atom stereocenters. The van der Waals surface area contributed by atoms with Crippen molar-refractivity contribution < 1.29 is 12.6 Å². The third-order valence-corrected chi connectivity index (χ3v) is 3.86. The molecule has 0 bridgehead atoms. The fraction of sp³-hybridized carbons (Fsp3) is 0.429. The summed E-state index contributed by atoms with van der Waals surface area (Å²) >= 11 is 0. The van der Waals surface area contributed by atoms with Gasteiger partial charge < -0.3 is 0 Å². The molecule has 5 heteroatoms. The second kappa shape index (κ2) is 5.33. The first-order valence-electron chi connectivity index (χ1n) is 6.02. The van der Waals surface area contributed by atoms with Gasteiger partial charge in [0.1, 0.15) is 6.10 Å². The van der Waals surface area contributed by atoms with Gasteiger partial charge in [-0.3, -0.25) is 9.08 Å². The van der Waals surface area contributed by atoms with Gasteiger partial charge in [0, 0.05) is 6.42 Å². The summed E-state index contributed by atoms with van der Waals surface area (Å²) in [5, 5.41) is 0. The fourth-order valence-electron chi connectivity index (χ4n) is 2.61. The van der Waals surface area contributed by atoms with E-state index >= 15 is 0 Å². The van der Waals surface area contributed by atoms with Crippen LogP contribution in [0.15, 0.2) is 24.3 Å². The Kier molecular flexibility index (Phi) is 3.95. The minimum absolute atomic E-state index is 0.123. The molecule has 0 saturated heterocycles. The molecule has 0 spiro atoms. The van der Waals surface area contributed by atoms with E-state index < -0.39 is 16.2 Å². The van der Waals surface area contributed by atoms with E-state index in [2.05, 4.69) is 5.92 Å². The van der Waals surface area contributed by atoms with Gasteiger partial charge in [-0.15, -0.1) is 6.42 Å². The minimum atomic E-state index is -3.48. The van der Waals surface area contributed by atoms with Crippen LogP contribution in [0.1, 0.15) is 17.2 Å². The van der Waals surface area contributed by atoms with Gasteiger partial charge in [-0.2, -0.15) is 8.42 Å². The van der Waals surface area contributed by atoms with E-state index in [0.717, 1.165) is 17.4 Å². The summed E-state index contributed by atoms with van der Waals surface area (Å²) in [5.41, 5.74) is 2.21. The van der Waals surface area contributed by atoms with E-state index in [1.165, 1.54) is 0 Å². The summed E-state index contributed by atoms with van der Waals surface area (Å²) in [6.07, 6.45) is 6.59. The molecular weight excluding hydrogens is 262 g/mol. The molecule has 0 aromatic heterocycles. The van der Waals surface area contributed by atoms with Crippen molar-refractivity contribution in [1.29, 1.82) is 0 Å². The predicted octanol–water partition coefficient (Wildman–Crippen LogP) is 1.19. The van der Waals surface area contributed by atoms with Crippen LogP contribution in [0.5, 0.6) is 0 Å². The molecule has 2 atom stereocenters. The van der Waals surface area contributed by atoms with Gasteiger partial charge in [0.05, 0.1) is 18.8 Å². The Balaban J connectivity index is 2.34. The molecule has 0 N–H and O–H groups in total. The summed E-state index contributed by atoms with van der Waals surface area (Å²) in [4.78, 5) is 1.95. The summed E-state index contributed by atoms with van der Waals surface area (Å²) < 4.78 is 28.0.